The van der Waals surface area contributed by atoms with Gasteiger partial charge in [0, 0.05) is 44.0 Å². The van der Waals surface area contributed by atoms with Gasteiger partial charge in [0.2, 0.25) is 0 Å². The Kier molecular flexibility index (Phi) is 8.28. The Labute approximate surface area is 217 Å². The van der Waals surface area contributed by atoms with E-state index in [1.807, 2.05) is 42.6 Å². The van der Waals surface area contributed by atoms with Crippen LogP contribution in [0.15, 0.2) is 48.7 Å². The van der Waals surface area contributed by atoms with Crippen LogP contribution in [-0.4, -0.2) is 48.7 Å². The van der Waals surface area contributed by atoms with Crippen LogP contribution in [0, 0.1) is 13.8 Å². The molecule has 2 aromatic heterocycles. The highest BCUT2D eigenvalue weighted by Gasteiger charge is 2.42. The van der Waals surface area contributed by atoms with E-state index in [4.69, 9.17) is 38.0 Å². The van der Waals surface area contributed by atoms with Crippen molar-refractivity contribution >= 4 is 34.6 Å². The molecule has 1 fully saturated rings. The smallest absolute Gasteiger partial charge is 0.174 e. The molecule has 9 heteroatoms. The number of thiocarbonyl (C=S) groups is 1. The van der Waals surface area contributed by atoms with E-state index in [1.54, 1.807) is 14.2 Å². The van der Waals surface area contributed by atoms with Crippen molar-refractivity contribution in [1.29, 1.82) is 0 Å². The van der Waals surface area contributed by atoms with Gasteiger partial charge in [-0.3, -0.25) is 4.98 Å². The molecule has 0 spiro atoms. The van der Waals surface area contributed by atoms with Crippen LogP contribution in [0.5, 0.6) is 5.75 Å². The van der Waals surface area contributed by atoms with Gasteiger partial charge in [0.25, 0.3) is 0 Å². The van der Waals surface area contributed by atoms with E-state index in [0.29, 0.717) is 35.7 Å². The second-order valence-corrected chi connectivity index (χ2v) is 9.22. The van der Waals surface area contributed by atoms with Crippen LogP contribution < -0.4 is 15.0 Å². The van der Waals surface area contributed by atoms with Gasteiger partial charge in [0.15, 0.2) is 5.11 Å². The first-order valence-corrected chi connectivity index (χ1v) is 12.3. The van der Waals surface area contributed by atoms with Gasteiger partial charge in [-0.1, -0.05) is 17.7 Å². The van der Waals surface area contributed by atoms with Crippen LogP contribution in [0.3, 0.4) is 0 Å². The molecular weight excluding hydrogens is 484 g/mol. The third-order valence-corrected chi connectivity index (χ3v) is 6.90. The monoisotopic (exact) mass is 514 g/mol. The second kappa shape index (κ2) is 11.4. The predicted octanol–water partition coefficient (Wildman–Crippen LogP) is 5.00. The Morgan fingerprint density at radius 3 is 2.54 bits per heavy atom. The fraction of sp³-hybridized carbons (Fsp3) is 0.385. The molecule has 0 bridgehead atoms. The molecule has 1 aliphatic heterocycles. The maximum Gasteiger partial charge on any atom is 0.174 e. The molecule has 1 aliphatic rings. The molecule has 0 unspecified atom stereocenters. The van der Waals surface area contributed by atoms with Crippen LogP contribution in [0.4, 0.5) is 5.69 Å². The van der Waals surface area contributed by atoms with E-state index in [9.17, 15) is 0 Å². The van der Waals surface area contributed by atoms with Gasteiger partial charge in [-0.05, 0) is 68.0 Å². The molecule has 186 valence electrons. The van der Waals surface area contributed by atoms with E-state index in [0.717, 1.165) is 17.9 Å². The minimum absolute atomic E-state index is 0.115. The minimum atomic E-state index is -0.128. The van der Waals surface area contributed by atoms with Gasteiger partial charge in [-0.2, -0.15) is 0 Å². The first-order valence-electron chi connectivity index (χ1n) is 11.5. The number of aromatic nitrogens is 2. The van der Waals surface area contributed by atoms with Crippen molar-refractivity contribution < 1.29 is 14.2 Å². The molecule has 0 saturated carbocycles. The van der Waals surface area contributed by atoms with Crippen LogP contribution in [-0.2, 0) is 16.0 Å². The quantitative estimate of drug-likeness (QED) is 0.301. The lowest BCUT2D eigenvalue weighted by molar-refractivity contribution is 0.146. The van der Waals surface area contributed by atoms with Gasteiger partial charge in [-0.25, -0.2) is 0 Å². The number of halogens is 1. The average molecular weight is 515 g/mol. The van der Waals surface area contributed by atoms with Crippen molar-refractivity contribution in [2.45, 2.75) is 32.5 Å². The largest absolute Gasteiger partial charge is 0.490 e. The van der Waals surface area contributed by atoms with Gasteiger partial charge >= 0.3 is 0 Å². The molecule has 1 N–H and O–H groups in total. The van der Waals surface area contributed by atoms with Crippen LogP contribution in [0.25, 0.3) is 0 Å². The fourth-order valence-electron chi connectivity index (χ4n) is 4.59. The third-order valence-electron chi connectivity index (χ3n) is 6.29. The molecule has 0 radical (unpaired) electrons. The minimum Gasteiger partial charge on any atom is -0.490 e. The van der Waals surface area contributed by atoms with E-state index >= 15 is 0 Å². The average Bonchev–Trinajstić information content (AvgIpc) is 3.34. The van der Waals surface area contributed by atoms with E-state index in [1.165, 1.54) is 17.0 Å². The molecular formula is C26H31ClN4O3S. The van der Waals surface area contributed by atoms with Crippen molar-refractivity contribution in [3.63, 3.8) is 0 Å². The van der Waals surface area contributed by atoms with E-state index < -0.39 is 0 Å². The van der Waals surface area contributed by atoms with Crippen molar-refractivity contribution in [3.05, 3.63) is 76.3 Å². The molecule has 35 heavy (non-hydrogen) atoms. The van der Waals surface area contributed by atoms with Gasteiger partial charge in [0.05, 0.1) is 36.0 Å². The molecule has 1 aromatic carbocycles. The number of aryl methyl sites for hydroxylation is 1. The molecule has 3 aromatic rings. The van der Waals surface area contributed by atoms with Crippen LogP contribution >= 0.6 is 23.8 Å². The molecule has 2 atom stereocenters. The first kappa shape index (κ1) is 25.4. The van der Waals surface area contributed by atoms with Crippen molar-refractivity contribution in [2.24, 2.45) is 0 Å². The number of nitrogens with one attached hydrogen (secondary N) is 1. The summed E-state index contributed by atoms with van der Waals surface area (Å²) in [6.07, 6.45) is 1.81. The van der Waals surface area contributed by atoms with E-state index in [-0.39, 0.29) is 12.1 Å². The van der Waals surface area contributed by atoms with Crippen molar-refractivity contribution in [3.8, 4) is 5.75 Å². The fourth-order valence-corrected chi connectivity index (χ4v) is 5.17. The van der Waals surface area contributed by atoms with E-state index in [2.05, 4.69) is 39.7 Å². The number of hydrogen-bond acceptors (Lipinski definition) is 5. The number of benzene rings is 1. The molecule has 0 aliphatic carbocycles. The summed E-state index contributed by atoms with van der Waals surface area (Å²) in [5, 5.41) is 4.65. The molecule has 1 saturated heterocycles. The highest BCUT2D eigenvalue weighted by atomic mass is 35.5. The summed E-state index contributed by atoms with van der Waals surface area (Å²) >= 11 is 12.5. The normalized spacial score (nSPS) is 17.6. The number of methoxy groups -OCH3 is 2. The number of hydrogen-bond donors (Lipinski definition) is 1. The zero-order valence-corrected chi connectivity index (χ0v) is 22.0. The number of rotatable bonds is 10. The SMILES string of the molecule is COCCOc1ccc(N2C(=S)N[C@@H](c3ccccn3)[C@H]2c2cc(C)n(CCOC)c2C)cc1Cl. The maximum atomic E-state index is 6.61. The lowest BCUT2D eigenvalue weighted by atomic mass is 9.96. The van der Waals surface area contributed by atoms with Gasteiger partial charge in [0.1, 0.15) is 12.4 Å². The highest BCUT2D eigenvalue weighted by Crippen LogP contribution is 2.44. The number of anilines is 1. The summed E-state index contributed by atoms with van der Waals surface area (Å²) in [7, 11) is 3.36. The van der Waals surface area contributed by atoms with Crippen LogP contribution in [0.2, 0.25) is 5.02 Å². The van der Waals surface area contributed by atoms with Gasteiger partial charge in [-0.15, -0.1) is 0 Å². The van der Waals surface area contributed by atoms with Crippen molar-refractivity contribution in [2.75, 3.05) is 38.9 Å². The Bertz CT molecular complexity index is 1170. The second-order valence-electron chi connectivity index (χ2n) is 8.42. The third kappa shape index (κ3) is 5.30. The van der Waals surface area contributed by atoms with Crippen molar-refractivity contribution in [1.82, 2.24) is 14.9 Å². The number of ether oxygens (including phenoxy) is 3. The Morgan fingerprint density at radius 1 is 1.06 bits per heavy atom. The number of nitrogens with zero attached hydrogens (tertiary/aromatic N) is 3. The van der Waals surface area contributed by atoms with Gasteiger partial charge < -0.3 is 29.0 Å². The lowest BCUT2D eigenvalue weighted by Gasteiger charge is -2.28. The lowest BCUT2D eigenvalue weighted by Crippen LogP contribution is -2.29. The molecule has 3 heterocycles. The summed E-state index contributed by atoms with van der Waals surface area (Å²) < 4.78 is 18.4. The maximum absolute atomic E-state index is 6.61. The Balaban J connectivity index is 1.76. The Morgan fingerprint density at radius 2 is 1.86 bits per heavy atom. The Hall–Kier alpha value is -2.65. The summed E-state index contributed by atoms with van der Waals surface area (Å²) in [6.45, 7) is 6.61. The molecule has 4 rings (SSSR count). The zero-order chi connectivity index (χ0) is 24.9. The highest BCUT2D eigenvalue weighted by molar-refractivity contribution is 7.80. The molecule has 0 amide bonds. The summed E-state index contributed by atoms with van der Waals surface area (Å²) in [6, 6.07) is 13.7. The standard InChI is InChI=1S/C26H31ClN4O3S/c1-17-15-20(18(2)30(17)11-12-32-3)25-24(22-7-5-6-10-28-22)29-26(35)31(25)19-8-9-23(21(27)16-19)34-14-13-33-4/h5-10,15-16,24-25H,11-14H2,1-4H3,(H,29,35)/t24-,25+/m0/s1. The topological polar surface area (TPSA) is 60.8 Å². The van der Waals surface area contributed by atoms with Crippen LogP contribution in [0.1, 0.15) is 34.7 Å². The predicted molar refractivity (Wildman–Crippen MR) is 143 cm³/mol. The zero-order valence-electron chi connectivity index (χ0n) is 20.5. The molecule has 7 nitrogen and oxygen atoms in total. The number of pyridine rings is 1. The first-order chi connectivity index (χ1) is 17.0. The summed E-state index contributed by atoms with van der Waals surface area (Å²) in [4.78, 5) is 6.77. The summed E-state index contributed by atoms with van der Waals surface area (Å²) in [5.74, 6) is 0.612. The summed E-state index contributed by atoms with van der Waals surface area (Å²) in [5.41, 5.74) is 5.34.